The first kappa shape index (κ1) is 13.1. The minimum atomic E-state index is 0.275. The van der Waals surface area contributed by atoms with E-state index in [2.05, 4.69) is 20.9 Å². The van der Waals surface area contributed by atoms with Gasteiger partial charge in [0, 0.05) is 45.0 Å². The molecular formula is C15H20N4O. The predicted molar refractivity (Wildman–Crippen MR) is 77.4 cm³/mol. The van der Waals surface area contributed by atoms with Gasteiger partial charge >= 0.3 is 0 Å². The van der Waals surface area contributed by atoms with Gasteiger partial charge in [-0.1, -0.05) is 11.6 Å². The number of piperazine rings is 1. The molecule has 5 nitrogen and oxygen atoms in total. The van der Waals surface area contributed by atoms with Gasteiger partial charge in [0.05, 0.1) is 6.20 Å². The van der Waals surface area contributed by atoms with Crippen molar-refractivity contribution in [2.24, 2.45) is 0 Å². The Bertz CT molecular complexity index is 492. The highest BCUT2D eigenvalue weighted by molar-refractivity contribution is 5.79. The molecule has 1 aromatic rings. The highest BCUT2D eigenvalue weighted by atomic mass is 16.2. The van der Waals surface area contributed by atoms with E-state index in [-0.39, 0.29) is 5.91 Å². The lowest BCUT2D eigenvalue weighted by molar-refractivity contribution is -0.130. The second kappa shape index (κ2) is 6.03. The first-order valence-electron chi connectivity index (χ1n) is 7.29. The van der Waals surface area contributed by atoms with Crippen LogP contribution in [-0.4, -0.2) is 47.0 Å². The van der Waals surface area contributed by atoms with E-state index in [0.717, 1.165) is 44.8 Å². The molecule has 0 spiro atoms. The molecule has 1 amide bonds. The van der Waals surface area contributed by atoms with Crippen molar-refractivity contribution in [2.45, 2.75) is 25.7 Å². The Hall–Kier alpha value is -1.91. The van der Waals surface area contributed by atoms with Crippen molar-refractivity contribution in [3.8, 4) is 0 Å². The van der Waals surface area contributed by atoms with Crippen molar-refractivity contribution in [1.82, 2.24) is 14.9 Å². The molecule has 2 heterocycles. The topological polar surface area (TPSA) is 49.3 Å². The lowest BCUT2D eigenvalue weighted by Gasteiger charge is -2.35. The number of anilines is 1. The molecule has 0 aromatic carbocycles. The van der Waals surface area contributed by atoms with E-state index in [9.17, 15) is 4.79 Å². The minimum Gasteiger partial charge on any atom is -0.352 e. The molecule has 20 heavy (non-hydrogen) atoms. The van der Waals surface area contributed by atoms with E-state index in [1.807, 2.05) is 4.90 Å². The van der Waals surface area contributed by atoms with Gasteiger partial charge in [-0.25, -0.2) is 4.98 Å². The van der Waals surface area contributed by atoms with Crippen LogP contribution in [0.3, 0.4) is 0 Å². The lowest BCUT2D eigenvalue weighted by Crippen LogP contribution is -2.49. The number of amides is 1. The maximum atomic E-state index is 12.2. The minimum absolute atomic E-state index is 0.275. The summed E-state index contributed by atoms with van der Waals surface area (Å²) in [5.41, 5.74) is 1.33. The Morgan fingerprint density at radius 3 is 2.70 bits per heavy atom. The number of carbonyl (C=O) groups is 1. The van der Waals surface area contributed by atoms with Crippen molar-refractivity contribution in [1.29, 1.82) is 0 Å². The maximum absolute atomic E-state index is 12.2. The van der Waals surface area contributed by atoms with Crippen LogP contribution in [0.25, 0.3) is 0 Å². The number of hydrogen-bond donors (Lipinski definition) is 0. The molecule has 0 radical (unpaired) electrons. The number of allylic oxidation sites excluding steroid dienone is 1. The van der Waals surface area contributed by atoms with E-state index < -0.39 is 0 Å². The molecule has 0 atom stereocenters. The molecule has 1 aliphatic carbocycles. The number of hydrogen-bond acceptors (Lipinski definition) is 4. The van der Waals surface area contributed by atoms with Gasteiger partial charge in [-0.3, -0.25) is 9.78 Å². The summed E-state index contributed by atoms with van der Waals surface area (Å²) in [7, 11) is 0. The van der Waals surface area contributed by atoms with Crippen molar-refractivity contribution in [3.63, 3.8) is 0 Å². The van der Waals surface area contributed by atoms with Gasteiger partial charge in [-0.15, -0.1) is 0 Å². The zero-order valence-corrected chi connectivity index (χ0v) is 11.7. The molecule has 0 bridgehead atoms. The standard InChI is InChI=1S/C15H20N4O/c20-15(11-13-3-1-2-4-13)19-9-7-18(8-10-19)14-12-16-5-6-17-14/h3,5-6,12H,1-2,4,7-11H2. The first-order chi connectivity index (χ1) is 9.83. The van der Waals surface area contributed by atoms with Crippen LogP contribution in [0.1, 0.15) is 25.7 Å². The van der Waals surface area contributed by atoms with Crippen LogP contribution in [0, 0.1) is 0 Å². The monoisotopic (exact) mass is 272 g/mol. The van der Waals surface area contributed by atoms with E-state index in [0.29, 0.717) is 6.42 Å². The second-order valence-corrected chi connectivity index (χ2v) is 5.36. The van der Waals surface area contributed by atoms with E-state index in [1.54, 1.807) is 18.6 Å². The summed E-state index contributed by atoms with van der Waals surface area (Å²) < 4.78 is 0. The molecule has 1 aliphatic heterocycles. The van der Waals surface area contributed by atoms with Crippen LogP contribution in [-0.2, 0) is 4.79 Å². The SMILES string of the molecule is O=C(CC1=CCCC1)N1CCN(c2cnccn2)CC1. The molecule has 1 saturated heterocycles. The number of nitrogens with zero attached hydrogens (tertiary/aromatic N) is 4. The van der Waals surface area contributed by atoms with Crippen LogP contribution in [0.5, 0.6) is 0 Å². The zero-order chi connectivity index (χ0) is 13.8. The summed E-state index contributed by atoms with van der Waals surface area (Å²) in [6.07, 6.45) is 11.5. The molecule has 0 N–H and O–H groups in total. The van der Waals surface area contributed by atoms with Gasteiger partial charge in [0.2, 0.25) is 5.91 Å². The Morgan fingerprint density at radius 1 is 1.20 bits per heavy atom. The summed E-state index contributed by atoms with van der Waals surface area (Å²) in [6.45, 7) is 3.23. The number of aromatic nitrogens is 2. The summed E-state index contributed by atoms with van der Waals surface area (Å²) in [6, 6.07) is 0. The highest BCUT2D eigenvalue weighted by Gasteiger charge is 2.22. The Morgan fingerprint density at radius 2 is 2.05 bits per heavy atom. The predicted octanol–water partition coefficient (Wildman–Crippen LogP) is 1.63. The molecule has 0 saturated carbocycles. The largest absolute Gasteiger partial charge is 0.352 e. The van der Waals surface area contributed by atoms with Crippen LogP contribution in [0.15, 0.2) is 30.2 Å². The summed E-state index contributed by atoms with van der Waals surface area (Å²) in [5, 5.41) is 0. The van der Waals surface area contributed by atoms with Crippen LogP contribution < -0.4 is 4.90 Å². The van der Waals surface area contributed by atoms with E-state index >= 15 is 0 Å². The van der Waals surface area contributed by atoms with Gasteiger partial charge in [0.25, 0.3) is 0 Å². The molecule has 1 aromatic heterocycles. The summed E-state index contributed by atoms with van der Waals surface area (Å²) >= 11 is 0. The number of rotatable bonds is 3. The van der Waals surface area contributed by atoms with Gasteiger partial charge in [-0.05, 0) is 19.3 Å². The highest BCUT2D eigenvalue weighted by Crippen LogP contribution is 2.22. The van der Waals surface area contributed by atoms with E-state index in [4.69, 9.17) is 0 Å². The molecule has 2 aliphatic rings. The van der Waals surface area contributed by atoms with Crippen LogP contribution >= 0.6 is 0 Å². The van der Waals surface area contributed by atoms with Gasteiger partial charge in [0.15, 0.2) is 0 Å². The van der Waals surface area contributed by atoms with Crippen molar-refractivity contribution in [2.75, 3.05) is 31.1 Å². The molecular weight excluding hydrogens is 252 g/mol. The fourth-order valence-electron chi connectivity index (χ4n) is 2.84. The summed E-state index contributed by atoms with van der Waals surface area (Å²) in [5.74, 6) is 1.18. The normalized spacial score (nSPS) is 19.1. The average Bonchev–Trinajstić information content (AvgIpc) is 3.01. The van der Waals surface area contributed by atoms with Crippen LogP contribution in [0.4, 0.5) is 5.82 Å². The van der Waals surface area contributed by atoms with Crippen molar-refractivity contribution >= 4 is 11.7 Å². The first-order valence-corrected chi connectivity index (χ1v) is 7.29. The molecule has 106 valence electrons. The van der Waals surface area contributed by atoms with Crippen molar-refractivity contribution < 1.29 is 4.79 Å². The molecule has 1 fully saturated rings. The zero-order valence-electron chi connectivity index (χ0n) is 11.7. The smallest absolute Gasteiger partial charge is 0.226 e. The maximum Gasteiger partial charge on any atom is 0.226 e. The van der Waals surface area contributed by atoms with Gasteiger partial charge in [-0.2, -0.15) is 0 Å². The average molecular weight is 272 g/mol. The fourth-order valence-corrected chi connectivity index (χ4v) is 2.84. The third kappa shape index (κ3) is 2.98. The quantitative estimate of drug-likeness (QED) is 0.785. The third-order valence-corrected chi connectivity index (χ3v) is 4.02. The molecule has 3 rings (SSSR count). The molecule has 5 heteroatoms. The second-order valence-electron chi connectivity index (χ2n) is 5.36. The fraction of sp³-hybridized carbons (Fsp3) is 0.533. The van der Waals surface area contributed by atoms with Gasteiger partial charge in [0.1, 0.15) is 5.82 Å². The molecule has 0 unspecified atom stereocenters. The number of carbonyl (C=O) groups excluding carboxylic acids is 1. The van der Waals surface area contributed by atoms with Crippen molar-refractivity contribution in [3.05, 3.63) is 30.2 Å². The Balaban J connectivity index is 1.52. The third-order valence-electron chi connectivity index (χ3n) is 4.02. The Labute approximate surface area is 119 Å². The lowest BCUT2D eigenvalue weighted by atomic mass is 10.1. The Kier molecular flexibility index (Phi) is 3.95. The summed E-state index contributed by atoms with van der Waals surface area (Å²) in [4.78, 5) is 24.8. The van der Waals surface area contributed by atoms with Crippen LogP contribution in [0.2, 0.25) is 0 Å². The van der Waals surface area contributed by atoms with E-state index in [1.165, 1.54) is 12.0 Å². The van der Waals surface area contributed by atoms with Gasteiger partial charge < -0.3 is 9.80 Å².